The standard InChI is InChI=1S/C13H17ClN6O2/c1-9-5-11(18-19(9)2)13(22)16-7-12(21)15-3-4-20-8-10(14)6-17-20/h5-6,8H,3-4,7H2,1-2H3,(H,15,21)(H,16,22). The van der Waals surface area contributed by atoms with Crippen LogP contribution in [-0.2, 0) is 18.4 Å². The van der Waals surface area contributed by atoms with Gasteiger partial charge in [0.15, 0.2) is 0 Å². The zero-order valence-corrected chi connectivity index (χ0v) is 13.1. The van der Waals surface area contributed by atoms with E-state index in [9.17, 15) is 9.59 Å². The van der Waals surface area contributed by atoms with E-state index in [1.165, 1.54) is 6.20 Å². The van der Waals surface area contributed by atoms with Crippen molar-refractivity contribution in [1.82, 2.24) is 30.2 Å². The van der Waals surface area contributed by atoms with Crippen LogP contribution in [0.1, 0.15) is 16.2 Å². The Hall–Kier alpha value is -2.35. The smallest absolute Gasteiger partial charge is 0.272 e. The van der Waals surface area contributed by atoms with E-state index in [4.69, 9.17) is 11.6 Å². The van der Waals surface area contributed by atoms with E-state index < -0.39 is 0 Å². The summed E-state index contributed by atoms with van der Waals surface area (Å²) < 4.78 is 3.22. The Labute approximate surface area is 132 Å². The van der Waals surface area contributed by atoms with Crippen LogP contribution in [0.4, 0.5) is 0 Å². The van der Waals surface area contributed by atoms with E-state index >= 15 is 0 Å². The number of nitrogens with zero attached hydrogens (tertiary/aromatic N) is 4. The first kappa shape index (κ1) is 16.0. The highest BCUT2D eigenvalue weighted by Crippen LogP contribution is 2.03. The van der Waals surface area contributed by atoms with Crippen molar-refractivity contribution in [3.05, 3.63) is 34.9 Å². The van der Waals surface area contributed by atoms with E-state index in [1.54, 1.807) is 28.7 Å². The average Bonchev–Trinajstić information content (AvgIpc) is 3.03. The molecule has 0 unspecified atom stereocenters. The van der Waals surface area contributed by atoms with Gasteiger partial charge in [-0.05, 0) is 13.0 Å². The third-order valence-electron chi connectivity index (χ3n) is 3.02. The molecule has 22 heavy (non-hydrogen) atoms. The van der Waals surface area contributed by atoms with Gasteiger partial charge in [-0.25, -0.2) is 0 Å². The number of carbonyl (C=O) groups excluding carboxylic acids is 2. The molecule has 0 aromatic carbocycles. The van der Waals surface area contributed by atoms with Crippen molar-refractivity contribution in [3.8, 4) is 0 Å². The van der Waals surface area contributed by atoms with Crippen molar-refractivity contribution in [2.45, 2.75) is 13.5 Å². The second kappa shape index (κ2) is 7.08. The largest absolute Gasteiger partial charge is 0.353 e. The van der Waals surface area contributed by atoms with E-state index in [2.05, 4.69) is 20.8 Å². The van der Waals surface area contributed by atoms with Gasteiger partial charge in [0, 0.05) is 25.5 Å². The molecule has 2 aromatic rings. The predicted molar refractivity (Wildman–Crippen MR) is 80.5 cm³/mol. The molecule has 2 heterocycles. The Balaban J connectivity index is 1.70. The lowest BCUT2D eigenvalue weighted by Crippen LogP contribution is -2.38. The number of rotatable bonds is 6. The number of carbonyl (C=O) groups is 2. The Morgan fingerprint density at radius 3 is 2.73 bits per heavy atom. The summed E-state index contributed by atoms with van der Waals surface area (Å²) in [6.45, 7) is 2.65. The molecule has 2 rings (SSSR count). The van der Waals surface area contributed by atoms with Crippen LogP contribution in [0, 0.1) is 6.92 Å². The third kappa shape index (κ3) is 4.32. The molecule has 2 amide bonds. The first-order valence-corrected chi connectivity index (χ1v) is 7.07. The number of halogens is 1. The quantitative estimate of drug-likeness (QED) is 0.789. The summed E-state index contributed by atoms with van der Waals surface area (Å²) in [6, 6.07) is 1.66. The summed E-state index contributed by atoms with van der Waals surface area (Å²) in [5.74, 6) is -0.656. The molecule has 0 saturated heterocycles. The van der Waals surface area contributed by atoms with Gasteiger partial charge in [-0.2, -0.15) is 10.2 Å². The molecule has 0 aliphatic heterocycles. The number of aromatic nitrogens is 4. The summed E-state index contributed by atoms with van der Waals surface area (Å²) in [7, 11) is 1.75. The normalized spacial score (nSPS) is 10.5. The molecule has 0 aliphatic rings. The lowest BCUT2D eigenvalue weighted by atomic mass is 10.3. The maximum atomic E-state index is 11.8. The maximum absolute atomic E-state index is 11.8. The number of amides is 2. The van der Waals surface area contributed by atoms with Gasteiger partial charge in [-0.1, -0.05) is 11.6 Å². The zero-order valence-electron chi connectivity index (χ0n) is 12.3. The fourth-order valence-corrected chi connectivity index (χ4v) is 1.91. The van der Waals surface area contributed by atoms with Crippen molar-refractivity contribution in [3.63, 3.8) is 0 Å². The highest BCUT2D eigenvalue weighted by atomic mass is 35.5. The molecular formula is C13H17ClN6O2. The average molecular weight is 325 g/mol. The molecule has 0 radical (unpaired) electrons. The molecule has 2 N–H and O–H groups in total. The van der Waals surface area contributed by atoms with Crippen molar-refractivity contribution < 1.29 is 9.59 Å². The minimum absolute atomic E-state index is 0.103. The zero-order chi connectivity index (χ0) is 16.1. The Bertz CT molecular complexity index is 658. The predicted octanol–water partition coefficient (Wildman–Crippen LogP) is 0.125. The van der Waals surface area contributed by atoms with E-state index in [-0.39, 0.29) is 18.4 Å². The second-order valence-electron chi connectivity index (χ2n) is 4.75. The van der Waals surface area contributed by atoms with Crippen LogP contribution in [0.5, 0.6) is 0 Å². The van der Waals surface area contributed by atoms with Crippen LogP contribution < -0.4 is 10.6 Å². The van der Waals surface area contributed by atoms with Gasteiger partial charge >= 0.3 is 0 Å². The van der Waals surface area contributed by atoms with Gasteiger partial charge in [-0.15, -0.1) is 0 Å². The van der Waals surface area contributed by atoms with E-state index in [1.807, 2.05) is 6.92 Å². The van der Waals surface area contributed by atoms with Gasteiger partial charge in [0.25, 0.3) is 5.91 Å². The fraction of sp³-hybridized carbons (Fsp3) is 0.385. The first-order chi connectivity index (χ1) is 10.5. The molecule has 0 fully saturated rings. The molecule has 0 atom stereocenters. The fourth-order valence-electron chi connectivity index (χ4n) is 1.76. The monoisotopic (exact) mass is 324 g/mol. The van der Waals surface area contributed by atoms with E-state index in [0.29, 0.717) is 23.8 Å². The topological polar surface area (TPSA) is 93.8 Å². The van der Waals surface area contributed by atoms with Crippen LogP contribution in [0.15, 0.2) is 18.5 Å². The van der Waals surface area contributed by atoms with Crippen LogP contribution in [0.3, 0.4) is 0 Å². The Morgan fingerprint density at radius 2 is 2.14 bits per heavy atom. The first-order valence-electron chi connectivity index (χ1n) is 6.69. The summed E-state index contributed by atoms with van der Waals surface area (Å²) >= 11 is 5.73. The molecule has 2 aromatic heterocycles. The molecule has 0 aliphatic carbocycles. The highest BCUT2D eigenvalue weighted by molar-refractivity contribution is 6.30. The van der Waals surface area contributed by atoms with Crippen LogP contribution >= 0.6 is 11.6 Å². The van der Waals surface area contributed by atoms with Gasteiger partial charge in [0.05, 0.1) is 24.3 Å². The van der Waals surface area contributed by atoms with Crippen molar-refractivity contribution >= 4 is 23.4 Å². The molecular weight excluding hydrogens is 308 g/mol. The van der Waals surface area contributed by atoms with Crippen LogP contribution in [0.25, 0.3) is 0 Å². The van der Waals surface area contributed by atoms with Crippen LogP contribution in [0.2, 0.25) is 5.02 Å². The number of aryl methyl sites for hydroxylation is 2. The molecule has 0 saturated carbocycles. The lowest BCUT2D eigenvalue weighted by Gasteiger charge is -2.06. The summed E-state index contributed by atoms with van der Waals surface area (Å²) in [4.78, 5) is 23.5. The van der Waals surface area contributed by atoms with Gasteiger partial charge in [0.1, 0.15) is 5.69 Å². The SMILES string of the molecule is Cc1cc(C(=O)NCC(=O)NCCn2cc(Cl)cn2)nn1C. The second-order valence-corrected chi connectivity index (χ2v) is 5.19. The number of hydrogen-bond donors (Lipinski definition) is 2. The minimum Gasteiger partial charge on any atom is -0.353 e. The number of hydrogen-bond acceptors (Lipinski definition) is 4. The van der Waals surface area contributed by atoms with Crippen LogP contribution in [-0.4, -0.2) is 44.5 Å². The van der Waals surface area contributed by atoms with Gasteiger partial charge in [0.2, 0.25) is 5.91 Å². The highest BCUT2D eigenvalue weighted by Gasteiger charge is 2.12. The van der Waals surface area contributed by atoms with Gasteiger partial charge < -0.3 is 10.6 Å². The minimum atomic E-state index is -0.377. The van der Waals surface area contributed by atoms with Crippen molar-refractivity contribution in [2.24, 2.45) is 7.05 Å². The summed E-state index contributed by atoms with van der Waals surface area (Å²) in [5.41, 5.74) is 1.16. The van der Waals surface area contributed by atoms with Gasteiger partial charge in [-0.3, -0.25) is 19.0 Å². The molecule has 8 nitrogen and oxygen atoms in total. The van der Waals surface area contributed by atoms with Crippen molar-refractivity contribution in [1.29, 1.82) is 0 Å². The number of nitrogens with one attached hydrogen (secondary N) is 2. The summed E-state index contributed by atoms with van der Waals surface area (Å²) in [5, 5.41) is 13.8. The maximum Gasteiger partial charge on any atom is 0.272 e. The van der Waals surface area contributed by atoms with Crippen molar-refractivity contribution in [2.75, 3.05) is 13.1 Å². The molecule has 0 spiro atoms. The Morgan fingerprint density at radius 1 is 1.36 bits per heavy atom. The summed E-state index contributed by atoms with van der Waals surface area (Å²) in [6.07, 6.45) is 3.19. The third-order valence-corrected chi connectivity index (χ3v) is 3.22. The molecule has 118 valence electrons. The van der Waals surface area contributed by atoms with E-state index in [0.717, 1.165) is 5.69 Å². The molecule has 9 heteroatoms. The molecule has 0 bridgehead atoms. The Kier molecular flexibility index (Phi) is 5.16. The lowest BCUT2D eigenvalue weighted by molar-refractivity contribution is -0.120.